The number of benzene rings is 1. The molecule has 26 heavy (non-hydrogen) atoms. The molecule has 2 fully saturated rings. The highest BCUT2D eigenvalue weighted by Gasteiger charge is 2.37. The highest BCUT2D eigenvalue weighted by molar-refractivity contribution is 7.13. The third kappa shape index (κ3) is 3.95. The van der Waals surface area contributed by atoms with Crippen molar-refractivity contribution in [3.63, 3.8) is 0 Å². The van der Waals surface area contributed by atoms with Crippen molar-refractivity contribution in [3.05, 3.63) is 40.9 Å². The van der Waals surface area contributed by atoms with Gasteiger partial charge in [0.1, 0.15) is 5.01 Å². The summed E-state index contributed by atoms with van der Waals surface area (Å²) in [5.74, 6) is 0.245. The summed E-state index contributed by atoms with van der Waals surface area (Å²) in [5, 5.41) is 6.50. The number of halogens is 1. The van der Waals surface area contributed by atoms with Crippen LogP contribution in [-0.4, -0.2) is 41.0 Å². The average Bonchev–Trinajstić information content (AvgIpc) is 3.18. The quantitative estimate of drug-likeness (QED) is 0.864. The number of amides is 1. The highest BCUT2D eigenvalue weighted by Crippen LogP contribution is 2.29. The summed E-state index contributed by atoms with van der Waals surface area (Å²) in [5.41, 5.74) is 3.38. The van der Waals surface area contributed by atoms with E-state index in [-0.39, 0.29) is 18.3 Å². The van der Waals surface area contributed by atoms with Gasteiger partial charge in [-0.25, -0.2) is 4.98 Å². The Morgan fingerprint density at radius 2 is 2.00 bits per heavy atom. The molecular weight excluding hydrogens is 366 g/mol. The van der Waals surface area contributed by atoms with Crippen LogP contribution in [0.2, 0.25) is 0 Å². The molecule has 4 nitrogen and oxygen atoms in total. The molecule has 0 spiro atoms. The molecule has 0 aliphatic carbocycles. The summed E-state index contributed by atoms with van der Waals surface area (Å²) in [6.45, 7) is 4.13. The Hall–Kier alpha value is -1.43. The molecule has 4 rings (SSSR count). The van der Waals surface area contributed by atoms with Crippen LogP contribution in [0.15, 0.2) is 29.6 Å². The maximum absolute atomic E-state index is 12.9. The Balaban J connectivity index is 0.00000196. The minimum atomic E-state index is 0. The molecule has 1 amide bonds. The van der Waals surface area contributed by atoms with Gasteiger partial charge in [0, 0.05) is 29.6 Å². The van der Waals surface area contributed by atoms with E-state index in [1.54, 1.807) is 11.3 Å². The zero-order valence-electron chi connectivity index (χ0n) is 15.1. The van der Waals surface area contributed by atoms with Gasteiger partial charge >= 0.3 is 0 Å². The van der Waals surface area contributed by atoms with Gasteiger partial charge in [0.2, 0.25) is 5.91 Å². The molecular formula is C20H26ClN3OS. The van der Waals surface area contributed by atoms with Crippen molar-refractivity contribution >= 4 is 29.7 Å². The van der Waals surface area contributed by atoms with Crippen molar-refractivity contribution < 1.29 is 4.79 Å². The number of carbonyl (C=O) groups is 1. The topological polar surface area (TPSA) is 45.2 Å². The van der Waals surface area contributed by atoms with Crippen LogP contribution in [0.4, 0.5) is 0 Å². The zero-order chi connectivity index (χ0) is 17.2. The van der Waals surface area contributed by atoms with E-state index < -0.39 is 0 Å². The molecule has 1 aromatic heterocycles. The van der Waals surface area contributed by atoms with Gasteiger partial charge in [0.15, 0.2) is 0 Å². The normalized spacial score (nSPS) is 22.0. The maximum Gasteiger partial charge on any atom is 0.229 e. The molecule has 2 aromatic rings. The molecule has 0 radical (unpaired) electrons. The molecule has 6 heteroatoms. The first-order valence-corrected chi connectivity index (χ1v) is 10.2. The van der Waals surface area contributed by atoms with Gasteiger partial charge < -0.3 is 10.2 Å². The number of rotatable bonds is 4. The number of nitrogens with one attached hydrogen (secondary N) is 1. The average molecular weight is 392 g/mol. The van der Waals surface area contributed by atoms with E-state index in [0.29, 0.717) is 18.5 Å². The van der Waals surface area contributed by atoms with Gasteiger partial charge in [0.05, 0.1) is 12.1 Å². The van der Waals surface area contributed by atoms with Gasteiger partial charge in [-0.15, -0.1) is 23.7 Å². The Labute approximate surface area is 165 Å². The van der Waals surface area contributed by atoms with E-state index in [2.05, 4.69) is 41.4 Å². The summed E-state index contributed by atoms with van der Waals surface area (Å²) in [4.78, 5) is 19.7. The molecule has 1 N–H and O–H groups in total. The number of aryl methyl sites for hydroxylation is 1. The number of aromatic nitrogens is 1. The first-order chi connectivity index (χ1) is 12.2. The fraction of sp³-hybridized carbons (Fsp3) is 0.500. The molecule has 1 aromatic carbocycles. The third-order valence-electron chi connectivity index (χ3n) is 5.44. The van der Waals surface area contributed by atoms with E-state index >= 15 is 0 Å². The van der Waals surface area contributed by atoms with Crippen molar-refractivity contribution in [3.8, 4) is 10.6 Å². The van der Waals surface area contributed by atoms with Crippen molar-refractivity contribution in [1.29, 1.82) is 0 Å². The van der Waals surface area contributed by atoms with E-state index in [0.717, 1.165) is 55.0 Å². The summed E-state index contributed by atoms with van der Waals surface area (Å²) in [6, 6.07) is 9.37. The maximum atomic E-state index is 12.9. The minimum absolute atomic E-state index is 0. The number of hydrogen-bond donors (Lipinski definition) is 1. The van der Waals surface area contributed by atoms with Gasteiger partial charge in [-0.05, 0) is 37.8 Å². The Morgan fingerprint density at radius 3 is 2.77 bits per heavy atom. The first-order valence-electron chi connectivity index (χ1n) is 9.30. The van der Waals surface area contributed by atoms with Gasteiger partial charge in [-0.1, -0.05) is 31.2 Å². The van der Waals surface area contributed by atoms with Crippen LogP contribution in [0.1, 0.15) is 37.4 Å². The molecule has 140 valence electrons. The van der Waals surface area contributed by atoms with E-state index in [9.17, 15) is 4.79 Å². The molecule has 0 saturated carbocycles. The van der Waals surface area contributed by atoms with Crippen LogP contribution in [0, 0.1) is 0 Å². The molecule has 2 atom stereocenters. The summed E-state index contributed by atoms with van der Waals surface area (Å²) in [7, 11) is 0. The lowest BCUT2D eigenvalue weighted by Crippen LogP contribution is -2.43. The number of thiazole rings is 1. The van der Waals surface area contributed by atoms with Crippen LogP contribution < -0.4 is 5.32 Å². The van der Waals surface area contributed by atoms with Crippen molar-refractivity contribution in [2.45, 2.75) is 51.1 Å². The molecule has 2 saturated heterocycles. The summed E-state index contributed by atoms with van der Waals surface area (Å²) >= 11 is 1.63. The molecule has 3 heterocycles. The fourth-order valence-corrected chi connectivity index (χ4v) is 4.87. The Kier molecular flexibility index (Phi) is 6.33. The van der Waals surface area contributed by atoms with Gasteiger partial charge in [-0.2, -0.15) is 0 Å². The zero-order valence-corrected chi connectivity index (χ0v) is 16.7. The standard InChI is InChI=1S/C20H25N3OS.ClH/c1-2-14-3-5-15(6-4-14)20-22-16(13-25-20)11-19(24)23-17-7-8-18(23)12-21-10-9-17;/h3-6,13,17-18,21H,2,7-12H2,1H3;1H. The van der Waals surface area contributed by atoms with E-state index in [1.165, 1.54) is 5.56 Å². The predicted molar refractivity (Wildman–Crippen MR) is 109 cm³/mol. The lowest BCUT2D eigenvalue weighted by atomic mass is 10.1. The predicted octanol–water partition coefficient (Wildman–Crippen LogP) is 3.69. The van der Waals surface area contributed by atoms with Crippen molar-refractivity contribution in [1.82, 2.24) is 15.2 Å². The molecule has 2 bridgehead atoms. The Morgan fingerprint density at radius 1 is 1.23 bits per heavy atom. The minimum Gasteiger partial charge on any atom is -0.335 e. The smallest absolute Gasteiger partial charge is 0.229 e. The van der Waals surface area contributed by atoms with Crippen LogP contribution in [0.3, 0.4) is 0 Å². The van der Waals surface area contributed by atoms with Crippen LogP contribution >= 0.6 is 23.7 Å². The van der Waals surface area contributed by atoms with Crippen molar-refractivity contribution in [2.24, 2.45) is 0 Å². The van der Waals surface area contributed by atoms with Crippen molar-refractivity contribution in [2.75, 3.05) is 13.1 Å². The molecule has 2 aliphatic rings. The van der Waals surface area contributed by atoms with Crippen LogP contribution in [0.25, 0.3) is 10.6 Å². The third-order valence-corrected chi connectivity index (χ3v) is 6.38. The second-order valence-electron chi connectivity index (χ2n) is 7.05. The number of hydrogen-bond acceptors (Lipinski definition) is 4. The summed E-state index contributed by atoms with van der Waals surface area (Å²) in [6.07, 6.45) is 4.84. The second kappa shape index (κ2) is 8.51. The van der Waals surface area contributed by atoms with Crippen LogP contribution in [-0.2, 0) is 17.6 Å². The van der Waals surface area contributed by atoms with Gasteiger partial charge in [-0.3, -0.25) is 4.79 Å². The molecule has 2 aliphatic heterocycles. The van der Waals surface area contributed by atoms with E-state index in [1.807, 2.05) is 5.38 Å². The number of carbonyl (C=O) groups excluding carboxylic acids is 1. The lowest BCUT2D eigenvalue weighted by molar-refractivity contribution is -0.133. The first kappa shape index (κ1) is 19.3. The monoisotopic (exact) mass is 391 g/mol. The Bertz CT molecular complexity index is 732. The largest absolute Gasteiger partial charge is 0.335 e. The number of fused-ring (bicyclic) bond motifs is 2. The lowest BCUT2D eigenvalue weighted by Gasteiger charge is -2.27. The van der Waals surface area contributed by atoms with Crippen LogP contribution in [0.5, 0.6) is 0 Å². The van der Waals surface area contributed by atoms with E-state index in [4.69, 9.17) is 4.98 Å². The summed E-state index contributed by atoms with van der Waals surface area (Å²) < 4.78 is 0. The highest BCUT2D eigenvalue weighted by atomic mass is 35.5. The second-order valence-corrected chi connectivity index (χ2v) is 7.91. The fourth-order valence-electron chi connectivity index (χ4n) is 4.04. The van der Waals surface area contributed by atoms with Gasteiger partial charge in [0.25, 0.3) is 0 Å². The number of nitrogens with zero attached hydrogens (tertiary/aromatic N) is 2. The SMILES string of the molecule is CCc1ccc(-c2nc(CC(=O)N3C4CCNCC3CC4)cs2)cc1.Cl. The molecule has 2 unspecified atom stereocenters.